The smallest absolute Gasteiger partial charge is 0.229 e. The summed E-state index contributed by atoms with van der Waals surface area (Å²) < 4.78 is 5.14. The number of hydrogen-bond acceptors (Lipinski definition) is 5. The van der Waals surface area contributed by atoms with Gasteiger partial charge in [0.05, 0.1) is 12.0 Å². The van der Waals surface area contributed by atoms with Crippen LogP contribution in [-0.4, -0.2) is 32.7 Å². The zero-order valence-electron chi connectivity index (χ0n) is 8.97. The lowest BCUT2D eigenvalue weighted by molar-refractivity contribution is 0.396. The van der Waals surface area contributed by atoms with E-state index in [4.69, 9.17) is 10.3 Å². The molecule has 1 aromatic heterocycles. The van der Waals surface area contributed by atoms with Gasteiger partial charge in [-0.25, -0.2) is 0 Å². The maximum Gasteiger partial charge on any atom is 0.229 e. The molecule has 1 rings (SSSR count). The summed E-state index contributed by atoms with van der Waals surface area (Å²) in [6.07, 6.45) is 0.665. The molecular weight excluding hydrogens is 214 g/mol. The van der Waals surface area contributed by atoms with Gasteiger partial charge >= 0.3 is 0 Å². The minimum atomic E-state index is 0.432. The number of anilines is 1. The molecule has 1 heterocycles. The van der Waals surface area contributed by atoms with Crippen LogP contribution < -0.4 is 9.64 Å². The summed E-state index contributed by atoms with van der Waals surface area (Å²) >= 11 is 1.55. The lowest BCUT2D eigenvalue weighted by Gasteiger charge is -2.04. The van der Waals surface area contributed by atoms with E-state index in [0.29, 0.717) is 18.8 Å². The molecule has 0 fully saturated rings. The fraction of sp³-hybridized carbons (Fsp3) is 0.625. The summed E-state index contributed by atoms with van der Waals surface area (Å²) in [4.78, 5) is 9.93. The van der Waals surface area contributed by atoms with Crippen molar-refractivity contribution in [2.45, 2.75) is 6.42 Å². The van der Waals surface area contributed by atoms with E-state index < -0.39 is 0 Å². The maximum atomic E-state index is 8.17. The van der Waals surface area contributed by atoms with Crippen LogP contribution in [0.4, 0.5) is 5.13 Å². The van der Waals surface area contributed by atoms with Gasteiger partial charge in [0.1, 0.15) is 0 Å². The molecule has 0 saturated carbocycles. The SMILES string of the molecule is COc1nc(N(C)C)sc1CCN=[N+]=[N-]. The Labute approximate surface area is 92.1 Å². The second-order valence-corrected chi connectivity index (χ2v) is 4.09. The van der Waals surface area contributed by atoms with Crippen LogP contribution in [-0.2, 0) is 6.42 Å². The molecular formula is C8H13N5OS. The Morgan fingerprint density at radius 1 is 1.60 bits per heavy atom. The first-order chi connectivity index (χ1) is 7.19. The molecule has 0 aromatic carbocycles. The number of methoxy groups -OCH3 is 1. The van der Waals surface area contributed by atoms with Crippen molar-refractivity contribution in [3.8, 4) is 5.88 Å². The number of ether oxygens (including phenoxy) is 1. The van der Waals surface area contributed by atoms with Gasteiger partial charge in [-0.2, -0.15) is 4.98 Å². The molecule has 0 bridgehead atoms. The van der Waals surface area contributed by atoms with Crippen molar-refractivity contribution in [2.75, 3.05) is 32.6 Å². The van der Waals surface area contributed by atoms with Crippen LogP contribution in [0.5, 0.6) is 5.88 Å². The Morgan fingerprint density at radius 3 is 2.87 bits per heavy atom. The fourth-order valence-electron chi connectivity index (χ4n) is 1.03. The third-order valence-electron chi connectivity index (χ3n) is 1.73. The van der Waals surface area contributed by atoms with Gasteiger partial charge in [-0.15, -0.1) is 0 Å². The molecule has 0 aliphatic heterocycles. The van der Waals surface area contributed by atoms with Crippen LogP contribution in [0.25, 0.3) is 10.4 Å². The summed E-state index contributed by atoms with van der Waals surface area (Å²) in [5, 5.41) is 4.38. The van der Waals surface area contributed by atoms with Gasteiger partial charge in [0.25, 0.3) is 0 Å². The van der Waals surface area contributed by atoms with Crippen molar-refractivity contribution in [2.24, 2.45) is 5.11 Å². The van der Waals surface area contributed by atoms with Gasteiger partial charge in [-0.1, -0.05) is 16.5 Å². The third kappa shape index (κ3) is 3.00. The van der Waals surface area contributed by atoms with Crippen LogP contribution in [0, 0.1) is 0 Å². The molecule has 0 N–H and O–H groups in total. The summed E-state index contributed by atoms with van der Waals surface area (Å²) in [5.74, 6) is 0.622. The van der Waals surface area contributed by atoms with Gasteiger partial charge in [0, 0.05) is 25.6 Å². The van der Waals surface area contributed by atoms with Crippen molar-refractivity contribution in [1.82, 2.24) is 4.98 Å². The first-order valence-electron chi connectivity index (χ1n) is 4.41. The van der Waals surface area contributed by atoms with Crippen molar-refractivity contribution in [3.05, 3.63) is 15.3 Å². The average molecular weight is 227 g/mol. The van der Waals surface area contributed by atoms with Crippen LogP contribution in [0.15, 0.2) is 5.11 Å². The van der Waals surface area contributed by atoms with Crippen molar-refractivity contribution >= 4 is 16.5 Å². The lowest BCUT2D eigenvalue weighted by Crippen LogP contribution is -2.07. The molecule has 0 spiro atoms. The van der Waals surface area contributed by atoms with Crippen LogP contribution in [0.2, 0.25) is 0 Å². The highest BCUT2D eigenvalue weighted by Gasteiger charge is 2.11. The molecule has 6 nitrogen and oxygen atoms in total. The molecule has 7 heteroatoms. The van der Waals surface area contributed by atoms with E-state index >= 15 is 0 Å². The Bertz CT molecular complexity index is 369. The lowest BCUT2D eigenvalue weighted by atomic mass is 10.4. The summed E-state index contributed by atoms with van der Waals surface area (Å²) in [6, 6.07) is 0. The van der Waals surface area contributed by atoms with Gasteiger partial charge < -0.3 is 9.64 Å². The maximum absolute atomic E-state index is 8.17. The third-order valence-corrected chi connectivity index (χ3v) is 2.99. The normalized spacial score (nSPS) is 9.53. The Morgan fingerprint density at radius 2 is 2.33 bits per heavy atom. The highest BCUT2D eigenvalue weighted by Crippen LogP contribution is 2.30. The topological polar surface area (TPSA) is 74.1 Å². The number of nitrogens with zero attached hydrogens (tertiary/aromatic N) is 5. The van der Waals surface area contributed by atoms with E-state index in [0.717, 1.165) is 10.0 Å². The van der Waals surface area contributed by atoms with Crippen molar-refractivity contribution in [3.63, 3.8) is 0 Å². The first-order valence-corrected chi connectivity index (χ1v) is 5.22. The average Bonchev–Trinajstić information content (AvgIpc) is 2.62. The highest BCUT2D eigenvalue weighted by atomic mass is 32.1. The monoisotopic (exact) mass is 227 g/mol. The summed E-state index contributed by atoms with van der Waals surface area (Å²) in [6.45, 7) is 0.432. The molecule has 15 heavy (non-hydrogen) atoms. The van der Waals surface area contributed by atoms with E-state index in [9.17, 15) is 0 Å². The summed E-state index contributed by atoms with van der Waals surface area (Å²) in [7, 11) is 5.44. The van der Waals surface area contributed by atoms with Gasteiger partial charge in [-0.3, -0.25) is 0 Å². The van der Waals surface area contributed by atoms with Gasteiger partial charge in [-0.05, 0) is 12.0 Å². The molecule has 1 aromatic rings. The standard InChI is InChI=1S/C8H13N5OS/c1-13(2)8-11-7(14-3)6(15-8)4-5-10-12-9/h4-5H2,1-3H3. The molecule has 0 aliphatic rings. The first kappa shape index (κ1) is 11.6. The summed E-state index contributed by atoms with van der Waals surface area (Å²) in [5.41, 5.74) is 8.17. The van der Waals surface area contributed by atoms with E-state index in [1.807, 2.05) is 19.0 Å². The zero-order chi connectivity index (χ0) is 11.3. The number of rotatable bonds is 5. The van der Waals surface area contributed by atoms with E-state index in [-0.39, 0.29) is 0 Å². The van der Waals surface area contributed by atoms with Gasteiger partial charge in [0.2, 0.25) is 5.88 Å². The molecule has 0 amide bonds. The molecule has 0 aliphatic carbocycles. The second-order valence-electron chi connectivity index (χ2n) is 3.03. The molecule has 0 saturated heterocycles. The van der Waals surface area contributed by atoms with Crippen LogP contribution >= 0.6 is 11.3 Å². The fourth-order valence-corrected chi connectivity index (χ4v) is 1.97. The Kier molecular flexibility index (Phi) is 4.20. The van der Waals surface area contributed by atoms with Crippen LogP contribution in [0.3, 0.4) is 0 Å². The Hall–Kier alpha value is -1.46. The van der Waals surface area contributed by atoms with E-state index in [1.54, 1.807) is 18.4 Å². The van der Waals surface area contributed by atoms with E-state index in [1.165, 1.54) is 0 Å². The molecule has 0 atom stereocenters. The molecule has 82 valence electrons. The highest BCUT2D eigenvalue weighted by molar-refractivity contribution is 7.15. The number of aromatic nitrogens is 1. The Balaban J connectivity index is 2.80. The van der Waals surface area contributed by atoms with E-state index in [2.05, 4.69) is 15.0 Å². The number of thiazole rings is 1. The minimum Gasteiger partial charge on any atom is -0.480 e. The predicted molar refractivity (Wildman–Crippen MR) is 60.7 cm³/mol. The zero-order valence-corrected chi connectivity index (χ0v) is 9.78. The van der Waals surface area contributed by atoms with Crippen LogP contribution in [0.1, 0.15) is 4.88 Å². The molecule has 0 unspecified atom stereocenters. The number of hydrogen-bond donors (Lipinski definition) is 0. The molecule has 0 radical (unpaired) electrons. The predicted octanol–water partition coefficient (Wildman–Crippen LogP) is 2.07. The minimum absolute atomic E-state index is 0.432. The van der Waals surface area contributed by atoms with Gasteiger partial charge in [0.15, 0.2) is 5.13 Å². The van der Waals surface area contributed by atoms with Crippen molar-refractivity contribution in [1.29, 1.82) is 0 Å². The second kappa shape index (κ2) is 5.43. The quantitative estimate of drug-likeness (QED) is 0.439. The largest absolute Gasteiger partial charge is 0.480 e. The van der Waals surface area contributed by atoms with Crippen molar-refractivity contribution < 1.29 is 4.74 Å². The number of azide groups is 1.